The standard InChI is InChI=1S/C21H27ClN2O3S/c1-3-4-5-6-7-8-9-14-28-15-16(2)24-20(23-27-21(24)26)19(25)17-10-12-18(22)13-11-17/h10-13,15H,3-9,14H2,1-2H3/b16-15-. The lowest BCUT2D eigenvalue weighted by Gasteiger charge is -2.05. The van der Waals surface area contributed by atoms with Crippen LogP contribution in [0.25, 0.3) is 5.70 Å². The average Bonchev–Trinajstić information content (AvgIpc) is 3.08. The molecule has 0 aliphatic heterocycles. The van der Waals surface area contributed by atoms with E-state index in [-0.39, 0.29) is 11.6 Å². The second-order valence-corrected chi connectivity index (χ2v) is 8.11. The molecule has 152 valence electrons. The lowest BCUT2D eigenvalue weighted by atomic mass is 10.1. The molecular weight excluding hydrogens is 396 g/mol. The molecule has 7 heteroatoms. The second kappa shape index (κ2) is 11.9. The number of carbonyl (C=O) groups excluding carboxylic acids is 1. The third kappa shape index (κ3) is 6.67. The molecule has 1 heterocycles. The van der Waals surface area contributed by atoms with E-state index in [1.54, 1.807) is 43.0 Å². The van der Waals surface area contributed by atoms with Crippen LogP contribution in [0.5, 0.6) is 0 Å². The maximum absolute atomic E-state index is 12.7. The number of aromatic nitrogens is 2. The summed E-state index contributed by atoms with van der Waals surface area (Å²) in [5.41, 5.74) is 1.02. The van der Waals surface area contributed by atoms with Crippen molar-refractivity contribution < 1.29 is 9.32 Å². The molecule has 0 aliphatic carbocycles. The van der Waals surface area contributed by atoms with Crippen molar-refractivity contribution in [2.24, 2.45) is 0 Å². The highest BCUT2D eigenvalue weighted by Crippen LogP contribution is 2.17. The first-order valence-corrected chi connectivity index (χ1v) is 11.1. The number of hydrogen-bond acceptors (Lipinski definition) is 5. The molecule has 2 aromatic rings. The number of halogens is 1. The van der Waals surface area contributed by atoms with E-state index >= 15 is 0 Å². The number of carbonyl (C=O) groups is 1. The first-order valence-electron chi connectivity index (χ1n) is 9.72. The lowest BCUT2D eigenvalue weighted by Crippen LogP contribution is -2.18. The van der Waals surface area contributed by atoms with Gasteiger partial charge in [0, 0.05) is 16.3 Å². The largest absolute Gasteiger partial charge is 0.446 e. The second-order valence-electron chi connectivity index (χ2n) is 6.69. The van der Waals surface area contributed by atoms with Crippen LogP contribution in [0.4, 0.5) is 0 Å². The van der Waals surface area contributed by atoms with E-state index in [2.05, 4.69) is 12.1 Å². The van der Waals surface area contributed by atoms with Crippen molar-refractivity contribution in [2.45, 2.75) is 58.8 Å². The molecule has 0 amide bonds. The molecule has 0 bridgehead atoms. The molecule has 0 N–H and O–H groups in total. The van der Waals surface area contributed by atoms with Gasteiger partial charge in [-0.1, -0.05) is 62.2 Å². The Labute approximate surface area is 175 Å². The lowest BCUT2D eigenvalue weighted by molar-refractivity contribution is 0.102. The molecule has 1 aromatic carbocycles. The van der Waals surface area contributed by atoms with Crippen LogP contribution in [0.15, 0.2) is 39.0 Å². The maximum atomic E-state index is 12.7. The van der Waals surface area contributed by atoms with Crippen molar-refractivity contribution in [3.05, 3.63) is 56.6 Å². The Hall–Kier alpha value is -1.79. The molecule has 2 rings (SSSR count). The van der Waals surface area contributed by atoms with Gasteiger partial charge in [-0.05, 0) is 48.8 Å². The van der Waals surface area contributed by atoms with Crippen LogP contribution in [0.1, 0.15) is 75.0 Å². The van der Waals surface area contributed by atoms with Crippen molar-refractivity contribution in [1.29, 1.82) is 0 Å². The van der Waals surface area contributed by atoms with E-state index in [1.165, 1.54) is 43.1 Å². The fourth-order valence-electron chi connectivity index (χ4n) is 2.81. The Morgan fingerprint density at radius 3 is 2.46 bits per heavy atom. The number of unbranched alkanes of at least 4 members (excludes halogenated alkanes) is 6. The molecule has 0 radical (unpaired) electrons. The summed E-state index contributed by atoms with van der Waals surface area (Å²) in [7, 11) is 0. The Balaban J connectivity index is 1.93. The highest BCUT2D eigenvalue weighted by atomic mass is 35.5. The van der Waals surface area contributed by atoms with E-state index < -0.39 is 5.76 Å². The van der Waals surface area contributed by atoms with E-state index in [9.17, 15) is 9.59 Å². The molecule has 0 fully saturated rings. The fraction of sp³-hybridized carbons (Fsp3) is 0.476. The zero-order chi connectivity index (χ0) is 20.4. The summed E-state index contributed by atoms with van der Waals surface area (Å²) in [4.78, 5) is 24.7. The fourth-order valence-corrected chi connectivity index (χ4v) is 3.77. The summed E-state index contributed by atoms with van der Waals surface area (Å²) in [5.74, 6) is -0.0986. The molecule has 0 atom stereocenters. The van der Waals surface area contributed by atoms with Crippen molar-refractivity contribution >= 4 is 34.8 Å². The summed E-state index contributed by atoms with van der Waals surface area (Å²) in [6.07, 6.45) is 8.84. The number of allylic oxidation sites excluding steroid dienone is 1. The smallest absolute Gasteiger partial charge is 0.295 e. The van der Waals surface area contributed by atoms with Crippen LogP contribution in [0, 0.1) is 0 Å². The summed E-state index contributed by atoms with van der Waals surface area (Å²) in [6.45, 7) is 4.00. The van der Waals surface area contributed by atoms with Crippen LogP contribution in [-0.2, 0) is 0 Å². The minimum absolute atomic E-state index is 0.0300. The van der Waals surface area contributed by atoms with Crippen molar-refractivity contribution in [2.75, 3.05) is 5.75 Å². The van der Waals surface area contributed by atoms with E-state index in [4.69, 9.17) is 16.1 Å². The molecule has 5 nitrogen and oxygen atoms in total. The first-order chi connectivity index (χ1) is 13.5. The van der Waals surface area contributed by atoms with Gasteiger partial charge in [0.05, 0.1) is 0 Å². The molecule has 0 saturated heterocycles. The highest BCUT2D eigenvalue weighted by Gasteiger charge is 2.21. The van der Waals surface area contributed by atoms with Crippen LogP contribution >= 0.6 is 23.4 Å². The van der Waals surface area contributed by atoms with Gasteiger partial charge in [0.2, 0.25) is 11.6 Å². The third-order valence-electron chi connectivity index (χ3n) is 4.39. The molecule has 0 aliphatic rings. The van der Waals surface area contributed by atoms with Gasteiger partial charge < -0.3 is 0 Å². The van der Waals surface area contributed by atoms with Crippen LogP contribution in [-0.4, -0.2) is 21.3 Å². The molecule has 0 saturated carbocycles. The highest BCUT2D eigenvalue weighted by molar-refractivity contribution is 8.02. The molecule has 0 unspecified atom stereocenters. The quantitative estimate of drug-likeness (QED) is 0.309. The minimum Gasteiger partial charge on any atom is -0.295 e. The van der Waals surface area contributed by atoms with Gasteiger partial charge in [-0.15, -0.1) is 11.8 Å². The average molecular weight is 423 g/mol. The van der Waals surface area contributed by atoms with Gasteiger partial charge in [-0.2, -0.15) is 0 Å². The summed E-state index contributed by atoms with van der Waals surface area (Å²) >= 11 is 7.50. The Morgan fingerprint density at radius 2 is 1.79 bits per heavy atom. The van der Waals surface area contributed by atoms with Gasteiger partial charge in [0.25, 0.3) is 0 Å². The SMILES string of the molecule is CCCCCCCCCS/C=C(/C)n1c(C(=O)c2ccc(Cl)cc2)noc1=O. The molecule has 28 heavy (non-hydrogen) atoms. The maximum Gasteiger partial charge on any atom is 0.446 e. The predicted molar refractivity (Wildman–Crippen MR) is 116 cm³/mol. The molecule has 0 spiro atoms. The number of rotatable bonds is 12. The van der Waals surface area contributed by atoms with Crippen molar-refractivity contribution in [3.8, 4) is 0 Å². The predicted octanol–water partition coefficient (Wildman–Crippen LogP) is 6.02. The number of ketones is 1. The van der Waals surface area contributed by atoms with Crippen LogP contribution in [0.2, 0.25) is 5.02 Å². The van der Waals surface area contributed by atoms with Gasteiger partial charge in [-0.25, -0.2) is 9.36 Å². The van der Waals surface area contributed by atoms with E-state index in [0.717, 1.165) is 12.2 Å². The molecule has 1 aromatic heterocycles. The van der Waals surface area contributed by atoms with E-state index in [1.807, 2.05) is 5.41 Å². The number of thioether (sulfide) groups is 1. The summed E-state index contributed by atoms with van der Waals surface area (Å²) in [5, 5.41) is 6.09. The summed E-state index contributed by atoms with van der Waals surface area (Å²) < 4.78 is 5.95. The monoisotopic (exact) mass is 422 g/mol. The molecular formula is C21H27ClN2O3S. The Bertz CT molecular complexity index is 840. The number of hydrogen-bond donors (Lipinski definition) is 0. The van der Waals surface area contributed by atoms with Gasteiger partial charge in [0.1, 0.15) is 0 Å². The van der Waals surface area contributed by atoms with Gasteiger partial charge >= 0.3 is 5.76 Å². The Kier molecular flexibility index (Phi) is 9.58. The number of benzene rings is 1. The normalized spacial score (nSPS) is 11.8. The number of nitrogens with zero attached hydrogens (tertiary/aromatic N) is 2. The topological polar surface area (TPSA) is 65.1 Å². The minimum atomic E-state index is -0.664. The third-order valence-corrected chi connectivity index (χ3v) is 5.67. The summed E-state index contributed by atoms with van der Waals surface area (Å²) in [6, 6.07) is 6.45. The van der Waals surface area contributed by atoms with Crippen molar-refractivity contribution in [3.63, 3.8) is 0 Å². The first kappa shape index (κ1) is 22.5. The zero-order valence-corrected chi connectivity index (χ0v) is 18.0. The van der Waals surface area contributed by atoms with Gasteiger partial charge in [0.15, 0.2) is 0 Å². The van der Waals surface area contributed by atoms with Crippen LogP contribution in [0.3, 0.4) is 0 Å². The van der Waals surface area contributed by atoms with Crippen LogP contribution < -0.4 is 5.76 Å². The van der Waals surface area contributed by atoms with E-state index in [0.29, 0.717) is 16.3 Å². The van der Waals surface area contributed by atoms with Gasteiger partial charge in [-0.3, -0.25) is 9.32 Å². The zero-order valence-electron chi connectivity index (χ0n) is 16.4. The Morgan fingerprint density at radius 1 is 1.14 bits per heavy atom. The van der Waals surface area contributed by atoms with Crippen molar-refractivity contribution in [1.82, 2.24) is 9.72 Å².